The van der Waals surface area contributed by atoms with E-state index in [0.717, 1.165) is 21.3 Å². The van der Waals surface area contributed by atoms with E-state index in [1.54, 1.807) is 0 Å². The predicted octanol–water partition coefficient (Wildman–Crippen LogP) is 5.46. The van der Waals surface area contributed by atoms with Crippen molar-refractivity contribution in [3.63, 3.8) is 0 Å². The van der Waals surface area contributed by atoms with Gasteiger partial charge in [0.2, 0.25) is 0 Å². The maximum atomic E-state index is 13.5. The molecular formula is C17H11BrF2O. The monoisotopic (exact) mass is 348 g/mol. The Morgan fingerprint density at radius 2 is 1.67 bits per heavy atom. The highest BCUT2D eigenvalue weighted by Crippen LogP contribution is 2.25. The lowest BCUT2D eigenvalue weighted by molar-refractivity contribution is 0.297. The van der Waals surface area contributed by atoms with Crippen molar-refractivity contribution in [2.75, 3.05) is 0 Å². The fourth-order valence-electron chi connectivity index (χ4n) is 2.11. The van der Waals surface area contributed by atoms with Gasteiger partial charge in [-0.3, -0.25) is 0 Å². The van der Waals surface area contributed by atoms with Gasteiger partial charge in [0.25, 0.3) is 0 Å². The topological polar surface area (TPSA) is 9.23 Å². The van der Waals surface area contributed by atoms with Crippen molar-refractivity contribution < 1.29 is 13.5 Å². The van der Waals surface area contributed by atoms with E-state index in [9.17, 15) is 8.78 Å². The van der Waals surface area contributed by atoms with Crippen LogP contribution in [-0.2, 0) is 6.61 Å². The largest absolute Gasteiger partial charge is 0.489 e. The van der Waals surface area contributed by atoms with E-state index in [1.807, 2.05) is 36.4 Å². The van der Waals surface area contributed by atoms with Gasteiger partial charge in [-0.05, 0) is 41.1 Å². The average molecular weight is 349 g/mol. The Bertz CT molecular complexity index is 802. The molecule has 0 bridgehead atoms. The molecular weight excluding hydrogens is 338 g/mol. The Balaban J connectivity index is 1.82. The van der Waals surface area contributed by atoms with Crippen molar-refractivity contribution >= 4 is 26.7 Å². The SMILES string of the molecule is Fc1cccc(COc2ccc3cc(Br)ccc3c2)c1F. The molecule has 3 rings (SSSR count). The van der Waals surface area contributed by atoms with Gasteiger partial charge in [0.1, 0.15) is 12.4 Å². The molecule has 0 aliphatic carbocycles. The lowest BCUT2D eigenvalue weighted by atomic mass is 10.1. The van der Waals surface area contributed by atoms with Crippen LogP contribution in [0.15, 0.2) is 59.1 Å². The van der Waals surface area contributed by atoms with Crippen molar-refractivity contribution in [3.05, 3.63) is 76.3 Å². The number of hydrogen-bond donors (Lipinski definition) is 0. The summed E-state index contributed by atoms with van der Waals surface area (Å²) in [6, 6.07) is 15.6. The zero-order valence-corrected chi connectivity index (χ0v) is 12.5. The average Bonchev–Trinajstić information content (AvgIpc) is 2.49. The van der Waals surface area contributed by atoms with Crippen molar-refractivity contribution in [1.29, 1.82) is 0 Å². The minimum atomic E-state index is -0.862. The van der Waals surface area contributed by atoms with Crippen LogP contribution in [-0.4, -0.2) is 0 Å². The molecule has 0 aliphatic rings. The second-order valence-electron chi connectivity index (χ2n) is 4.65. The van der Waals surface area contributed by atoms with Crippen LogP contribution < -0.4 is 4.74 Å². The highest BCUT2D eigenvalue weighted by molar-refractivity contribution is 9.10. The Kier molecular flexibility index (Phi) is 3.88. The molecule has 0 N–H and O–H groups in total. The van der Waals surface area contributed by atoms with Crippen LogP contribution >= 0.6 is 15.9 Å². The molecule has 0 aliphatic heterocycles. The summed E-state index contributed by atoms with van der Waals surface area (Å²) >= 11 is 3.42. The lowest BCUT2D eigenvalue weighted by Gasteiger charge is -2.08. The fourth-order valence-corrected chi connectivity index (χ4v) is 2.48. The first-order valence-corrected chi connectivity index (χ1v) is 7.18. The highest BCUT2D eigenvalue weighted by atomic mass is 79.9. The Morgan fingerprint density at radius 3 is 2.52 bits per heavy atom. The van der Waals surface area contributed by atoms with E-state index in [4.69, 9.17) is 4.74 Å². The molecule has 3 aromatic rings. The van der Waals surface area contributed by atoms with E-state index < -0.39 is 11.6 Å². The Hall–Kier alpha value is -1.94. The molecule has 0 saturated carbocycles. The Labute approximate surface area is 129 Å². The molecule has 1 nitrogen and oxygen atoms in total. The second-order valence-corrected chi connectivity index (χ2v) is 5.57. The molecule has 0 unspecified atom stereocenters. The fraction of sp³-hybridized carbons (Fsp3) is 0.0588. The summed E-state index contributed by atoms with van der Waals surface area (Å²) in [6.07, 6.45) is 0. The summed E-state index contributed by atoms with van der Waals surface area (Å²) in [6.45, 7) is -0.00831. The highest BCUT2D eigenvalue weighted by Gasteiger charge is 2.08. The van der Waals surface area contributed by atoms with Crippen LogP contribution in [0.1, 0.15) is 5.56 Å². The van der Waals surface area contributed by atoms with Crippen molar-refractivity contribution in [2.45, 2.75) is 6.61 Å². The van der Waals surface area contributed by atoms with Gasteiger partial charge in [0, 0.05) is 10.0 Å². The zero-order valence-electron chi connectivity index (χ0n) is 10.9. The summed E-state index contributed by atoms with van der Waals surface area (Å²) in [5, 5.41) is 2.10. The summed E-state index contributed by atoms with van der Waals surface area (Å²) in [5.74, 6) is -1.10. The summed E-state index contributed by atoms with van der Waals surface area (Å²) < 4.78 is 33.2. The van der Waals surface area contributed by atoms with Gasteiger partial charge in [0.05, 0.1) is 0 Å². The van der Waals surface area contributed by atoms with E-state index in [0.29, 0.717) is 5.75 Å². The minimum absolute atomic E-state index is 0.00831. The Morgan fingerprint density at radius 1 is 0.905 bits per heavy atom. The van der Waals surface area contributed by atoms with Gasteiger partial charge in [-0.15, -0.1) is 0 Å². The van der Waals surface area contributed by atoms with Crippen molar-refractivity contribution in [2.24, 2.45) is 0 Å². The molecule has 3 aromatic carbocycles. The molecule has 0 amide bonds. The van der Waals surface area contributed by atoms with Gasteiger partial charge in [-0.1, -0.05) is 40.2 Å². The number of halogens is 3. The van der Waals surface area contributed by atoms with Gasteiger partial charge in [-0.2, -0.15) is 0 Å². The molecule has 0 heterocycles. The summed E-state index contributed by atoms with van der Waals surface area (Å²) in [4.78, 5) is 0. The number of hydrogen-bond acceptors (Lipinski definition) is 1. The first-order valence-electron chi connectivity index (χ1n) is 6.38. The molecule has 4 heteroatoms. The van der Waals surface area contributed by atoms with Crippen molar-refractivity contribution in [3.8, 4) is 5.75 Å². The van der Waals surface area contributed by atoms with Crippen LogP contribution in [0, 0.1) is 11.6 Å². The third-order valence-corrected chi connectivity index (χ3v) is 3.69. The maximum absolute atomic E-state index is 13.5. The molecule has 0 radical (unpaired) electrons. The number of ether oxygens (including phenoxy) is 1. The van der Waals surface area contributed by atoms with Crippen LogP contribution in [0.25, 0.3) is 10.8 Å². The number of benzene rings is 3. The lowest BCUT2D eigenvalue weighted by Crippen LogP contribution is -2.00. The second kappa shape index (κ2) is 5.82. The maximum Gasteiger partial charge on any atom is 0.165 e. The van der Waals surface area contributed by atoms with Gasteiger partial charge >= 0.3 is 0 Å². The quantitative estimate of drug-likeness (QED) is 0.610. The summed E-state index contributed by atoms with van der Waals surface area (Å²) in [5.41, 5.74) is 0.200. The van der Waals surface area contributed by atoms with E-state index in [2.05, 4.69) is 15.9 Å². The standard InChI is InChI=1S/C17H11BrF2O/c18-14-6-4-12-9-15(7-5-11(12)8-14)21-10-13-2-1-3-16(19)17(13)20/h1-9H,10H2. The van der Waals surface area contributed by atoms with Crippen LogP contribution in [0.2, 0.25) is 0 Å². The minimum Gasteiger partial charge on any atom is -0.489 e. The zero-order chi connectivity index (χ0) is 14.8. The molecule has 0 fully saturated rings. The molecule has 0 atom stereocenters. The molecule has 106 valence electrons. The molecule has 0 spiro atoms. The van der Waals surface area contributed by atoms with Gasteiger partial charge in [0.15, 0.2) is 11.6 Å². The van der Waals surface area contributed by atoms with E-state index in [-0.39, 0.29) is 12.2 Å². The van der Waals surface area contributed by atoms with Crippen molar-refractivity contribution in [1.82, 2.24) is 0 Å². The molecule has 21 heavy (non-hydrogen) atoms. The molecule has 0 saturated heterocycles. The molecule has 0 aromatic heterocycles. The first-order chi connectivity index (χ1) is 10.1. The van der Waals surface area contributed by atoms with Crippen LogP contribution in [0.5, 0.6) is 5.75 Å². The van der Waals surface area contributed by atoms with E-state index in [1.165, 1.54) is 12.1 Å². The first kappa shape index (κ1) is 14.0. The number of fused-ring (bicyclic) bond motifs is 1. The van der Waals surface area contributed by atoms with Crippen LogP contribution in [0.3, 0.4) is 0 Å². The number of rotatable bonds is 3. The predicted molar refractivity (Wildman–Crippen MR) is 82.3 cm³/mol. The van der Waals surface area contributed by atoms with Crippen LogP contribution in [0.4, 0.5) is 8.78 Å². The van der Waals surface area contributed by atoms with Gasteiger partial charge < -0.3 is 4.74 Å². The third kappa shape index (κ3) is 3.05. The smallest absolute Gasteiger partial charge is 0.165 e. The van der Waals surface area contributed by atoms with E-state index >= 15 is 0 Å². The summed E-state index contributed by atoms with van der Waals surface area (Å²) in [7, 11) is 0. The third-order valence-electron chi connectivity index (χ3n) is 3.20. The normalized spacial score (nSPS) is 10.8. The van der Waals surface area contributed by atoms with Gasteiger partial charge in [-0.25, -0.2) is 8.78 Å².